The molecule has 0 aliphatic carbocycles. The minimum absolute atomic E-state index is 0.148. The Balaban J connectivity index is 1.16. The number of aryl methyl sites for hydroxylation is 1. The topological polar surface area (TPSA) is 103 Å². The molecule has 41 heavy (non-hydrogen) atoms. The molecule has 0 spiro atoms. The standard InChI is InChI=1S/C33H28BrN5O2/c1-22(26-8-4-7-25(17-26)19-35)16-27(40)9-5-6-23-12-14-24(15-13-23)20-36-32-18-30(28-10-2-3-11-31(28)41)38-33-29(34)21-37-39(32)33/h2-4,7-8,10-15,17-18,21,36,41H,1,5-6,9,16,20H2. The average molecular weight is 607 g/mol. The van der Waals surface area contributed by atoms with Gasteiger partial charge in [0.2, 0.25) is 0 Å². The number of halogens is 1. The molecule has 0 saturated carbocycles. The highest BCUT2D eigenvalue weighted by atomic mass is 79.9. The van der Waals surface area contributed by atoms with Gasteiger partial charge in [-0.25, -0.2) is 4.98 Å². The first-order valence-electron chi connectivity index (χ1n) is 13.3. The van der Waals surface area contributed by atoms with E-state index in [1.165, 1.54) is 5.56 Å². The van der Waals surface area contributed by atoms with Crippen LogP contribution >= 0.6 is 15.9 Å². The maximum absolute atomic E-state index is 12.5. The third-order valence-corrected chi connectivity index (χ3v) is 7.40. The van der Waals surface area contributed by atoms with Gasteiger partial charge in [-0.15, -0.1) is 0 Å². The van der Waals surface area contributed by atoms with Crippen molar-refractivity contribution >= 4 is 38.8 Å². The third kappa shape index (κ3) is 6.71. The second-order valence-electron chi connectivity index (χ2n) is 9.81. The van der Waals surface area contributed by atoms with Crippen LogP contribution in [0.3, 0.4) is 0 Å². The minimum atomic E-state index is 0.148. The van der Waals surface area contributed by atoms with Crippen molar-refractivity contribution in [2.24, 2.45) is 0 Å². The lowest BCUT2D eigenvalue weighted by Gasteiger charge is -2.12. The van der Waals surface area contributed by atoms with Crippen LogP contribution in [0.2, 0.25) is 0 Å². The lowest BCUT2D eigenvalue weighted by atomic mass is 9.97. The summed E-state index contributed by atoms with van der Waals surface area (Å²) >= 11 is 3.52. The number of hydrogen-bond donors (Lipinski definition) is 2. The van der Waals surface area contributed by atoms with E-state index >= 15 is 0 Å². The molecule has 204 valence electrons. The van der Waals surface area contributed by atoms with Crippen LogP contribution in [0.25, 0.3) is 22.5 Å². The minimum Gasteiger partial charge on any atom is -0.507 e. The Morgan fingerprint density at radius 3 is 2.61 bits per heavy atom. The van der Waals surface area contributed by atoms with E-state index in [-0.39, 0.29) is 11.5 Å². The molecule has 2 aromatic heterocycles. The predicted octanol–water partition coefficient (Wildman–Crippen LogP) is 7.34. The zero-order chi connectivity index (χ0) is 28.8. The van der Waals surface area contributed by atoms with Gasteiger partial charge in [-0.2, -0.15) is 14.9 Å². The molecular weight excluding hydrogens is 578 g/mol. The van der Waals surface area contributed by atoms with Gasteiger partial charge in [-0.05, 0) is 75.3 Å². The SMILES string of the molecule is C=C(CC(=O)CCCc1ccc(CNc2cc(-c3ccccc3O)nc3c(Br)cnn23)cc1)c1cccc(C#N)c1. The monoisotopic (exact) mass is 605 g/mol. The van der Waals surface area contributed by atoms with Crippen LogP contribution in [0.1, 0.15) is 41.5 Å². The number of para-hydroxylation sites is 1. The fourth-order valence-electron chi connectivity index (χ4n) is 4.63. The summed E-state index contributed by atoms with van der Waals surface area (Å²) in [6.07, 6.45) is 4.05. The van der Waals surface area contributed by atoms with Gasteiger partial charge in [-0.3, -0.25) is 4.79 Å². The zero-order valence-electron chi connectivity index (χ0n) is 22.3. The Morgan fingerprint density at radius 2 is 1.83 bits per heavy atom. The number of hydrogen-bond acceptors (Lipinski definition) is 6. The highest BCUT2D eigenvalue weighted by Gasteiger charge is 2.14. The fourth-order valence-corrected chi connectivity index (χ4v) is 4.98. The van der Waals surface area contributed by atoms with E-state index in [0.29, 0.717) is 41.9 Å². The summed E-state index contributed by atoms with van der Waals surface area (Å²) in [5.74, 6) is 1.07. The van der Waals surface area contributed by atoms with Crippen LogP contribution in [0.5, 0.6) is 5.75 Å². The van der Waals surface area contributed by atoms with Gasteiger partial charge in [0.15, 0.2) is 5.65 Å². The van der Waals surface area contributed by atoms with Crippen molar-refractivity contribution < 1.29 is 9.90 Å². The highest BCUT2D eigenvalue weighted by molar-refractivity contribution is 9.10. The molecule has 0 bridgehead atoms. The molecule has 2 N–H and O–H groups in total. The van der Waals surface area contributed by atoms with E-state index < -0.39 is 0 Å². The Morgan fingerprint density at radius 1 is 1.05 bits per heavy atom. The van der Waals surface area contributed by atoms with Crippen molar-refractivity contribution in [1.29, 1.82) is 5.26 Å². The maximum atomic E-state index is 12.5. The van der Waals surface area contributed by atoms with Gasteiger partial charge in [0.25, 0.3) is 0 Å². The first-order chi connectivity index (χ1) is 19.9. The molecule has 0 saturated heterocycles. The Bertz CT molecular complexity index is 1770. The summed E-state index contributed by atoms with van der Waals surface area (Å²) in [6.45, 7) is 4.61. The van der Waals surface area contributed by atoms with E-state index in [0.717, 1.165) is 39.8 Å². The van der Waals surface area contributed by atoms with Gasteiger partial charge >= 0.3 is 0 Å². The molecule has 0 aliphatic heterocycles. The summed E-state index contributed by atoms with van der Waals surface area (Å²) in [6, 6.07) is 26.7. The number of carbonyl (C=O) groups is 1. The molecule has 3 aromatic carbocycles. The third-order valence-electron chi connectivity index (χ3n) is 6.84. The summed E-state index contributed by atoms with van der Waals surface area (Å²) in [5.41, 5.74) is 6.35. The normalized spacial score (nSPS) is 10.8. The van der Waals surface area contributed by atoms with Crippen LogP contribution in [-0.4, -0.2) is 25.5 Å². The lowest BCUT2D eigenvalue weighted by molar-refractivity contribution is -0.118. The number of Topliss-reactive ketones (excluding diaryl/α,β-unsaturated/α-hetero) is 1. The van der Waals surface area contributed by atoms with Crippen molar-refractivity contribution in [2.75, 3.05) is 5.32 Å². The van der Waals surface area contributed by atoms with Gasteiger partial charge in [0, 0.05) is 31.0 Å². The highest BCUT2D eigenvalue weighted by Crippen LogP contribution is 2.31. The van der Waals surface area contributed by atoms with Gasteiger partial charge in [0.05, 0.1) is 28.0 Å². The number of phenolic OH excluding ortho intramolecular Hbond substituents is 1. The fraction of sp³-hybridized carbons (Fsp3) is 0.152. The van der Waals surface area contributed by atoms with Crippen LogP contribution in [0.4, 0.5) is 5.82 Å². The quantitative estimate of drug-likeness (QED) is 0.163. The summed E-state index contributed by atoms with van der Waals surface area (Å²) < 4.78 is 2.49. The Kier molecular flexibility index (Phi) is 8.56. The van der Waals surface area contributed by atoms with Crippen molar-refractivity contribution in [3.63, 3.8) is 0 Å². The van der Waals surface area contributed by atoms with Crippen molar-refractivity contribution in [3.05, 3.63) is 118 Å². The Hall–Kier alpha value is -4.74. The molecule has 0 fully saturated rings. The number of phenols is 1. The predicted molar refractivity (Wildman–Crippen MR) is 164 cm³/mol. The molecule has 5 aromatic rings. The number of aromatic nitrogens is 3. The van der Waals surface area contributed by atoms with Gasteiger partial charge in [0.1, 0.15) is 17.4 Å². The maximum Gasteiger partial charge on any atom is 0.172 e. The molecule has 0 radical (unpaired) electrons. The average Bonchev–Trinajstić information content (AvgIpc) is 3.37. The number of ketones is 1. The van der Waals surface area contributed by atoms with Crippen molar-refractivity contribution in [1.82, 2.24) is 14.6 Å². The van der Waals surface area contributed by atoms with Crippen LogP contribution in [0.15, 0.2) is 96.1 Å². The van der Waals surface area contributed by atoms with Gasteiger partial charge in [-0.1, -0.05) is 55.1 Å². The first kappa shape index (κ1) is 27.8. The number of nitrogens with zero attached hydrogens (tertiary/aromatic N) is 4. The largest absolute Gasteiger partial charge is 0.507 e. The molecule has 5 rings (SSSR count). The molecular formula is C33H28BrN5O2. The summed E-state index contributed by atoms with van der Waals surface area (Å²) in [5, 5.41) is 27.3. The van der Waals surface area contributed by atoms with Crippen LogP contribution in [0, 0.1) is 11.3 Å². The van der Waals surface area contributed by atoms with E-state index in [9.17, 15) is 9.90 Å². The number of benzene rings is 3. The molecule has 7 nitrogen and oxygen atoms in total. The number of nitriles is 1. The smallest absolute Gasteiger partial charge is 0.172 e. The lowest BCUT2D eigenvalue weighted by Crippen LogP contribution is -2.07. The van der Waals surface area contributed by atoms with Gasteiger partial charge < -0.3 is 10.4 Å². The number of carbonyl (C=O) groups excluding carboxylic acids is 1. The summed E-state index contributed by atoms with van der Waals surface area (Å²) in [4.78, 5) is 17.2. The zero-order valence-corrected chi connectivity index (χ0v) is 23.9. The summed E-state index contributed by atoms with van der Waals surface area (Å²) in [7, 11) is 0. The molecule has 2 heterocycles. The van der Waals surface area contributed by atoms with Crippen LogP contribution < -0.4 is 5.32 Å². The van der Waals surface area contributed by atoms with Crippen LogP contribution in [-0.2, 0) is 17.8 Å². The van der Waals surface area contributed by atoms with E-state index in [1.54, 1.807) is 35.0 Å². The molecule has 8 heteroatoms. The Labute approximate surface area is 246 Å². The molecule has 0 aliphatic rings. The number of allylic oxidation sites excluding steroid dienone is 1. The van der Waals surface area contributed by atoms with Crippen molar-refractivity contribution in [2.45, 2.75) is 32.2 Å². The second kappa shape index (κ2) is 12.6. The molecule has 0 amide bonds. The van der Waals surface area contributed by atoms with E-state index in [2.05, 4.69) is 68.2 Å². The van der Waals surface area contributed by atoms with E-state index in [4.69, 9.17) is 5.26 Å². The number of anilines is 1. The second-order valence-corrected chi connectivity index (χ2v) is 10.7. The first-order valence-corrected chi connectivity index (χ1v) is 14.0. The number of aromatic hydroxyl groups is 1. The molecule has 0 atom stereocenters. The number of rotatable bonds is 11. The molecule has 0 unspecified atom stereocenters. The number of nitrogens with one attached hydrogen (secondary N) is 1. The van der Waals surface area contributed by atoms with Crippen molar-refractivity contribution in [3.8, 4) is 23.1 Å². The number of fused-ring (bicyclic) bond motifs is 1. The van der Waals surface area contributed by atoms with E-state index in [1.807, 2.05) is 30.3 Å².